The molecule has 3 N–H and O–H groups in total. The summed E-state index contributed by atoms with van der Waals surface area (Å²) in [5.41, 5.74) is -0.241. The van der Waals surface area contributed by atoms with Crippen molar-refractivity contribution >= 4 is 42.1 Å². The number of aliphatic hydroxyl groups excluding tert-OH is 2. The van der Waals surface area contributed by atoms with Crippen LogP contribution in [0.25, 0.3) is 6.08 Å². The number of carbonyl (C=O) groups is 2. The minimum Gasteiger partial charge on any atom is -0.387 e. The monoisotopic (exact) mass is 563 g/mol. The number of anilines is 1. The van der Waals surface area contributed by atoms with Gasteiger partial charge in [0.1, 0.15) is 18.2 Å². The van der Waals surface area contributed by atoms with Crippen molar-refractivity contribution in [1.29, 1.82) is 0 Å². The number of ketones is 1. The molecule has 3 aromatic rings. The van der Waals surface area contributed by atoms with Crippen molar-refractivity contribution in [3.05, 3.63) is 93.7 Å². The van der Waals surface area contributed by atoms with E-state index in [1.165, 1.54) is 11.3 Å². The quantitative estimate of drug-likeness (QED) is 0.320. The van der Waals surface area contributed by atoms with Gasteiger partial charge in [0.15, 0.2) is 13.1 Å². The van der Waals surface area contributed by atoms with E-state index in [2.05, 4.69) is 5.32 Å². The molecule has 3 aliphatic heterocycles. The zero-order valence-electron chi connectivity index (χ0n) is 21.5. The summed E-state index contributed by atoms with van der Waals surface area (Å²) in [7, 11) is -1.82. The van der Waals surface area contributed by atoms with Crippen molar-refractivity contribution in [1.82, 2.24) is 9.57 Å². The molecule has 10 heteroatoms. The van der Waals surface area contributed by atoms with Crippen LogP contribution in [0.1, 0.15) is 21.9 Å². The number of rotatable bonds is 5. The Morgan fingerprint density at radius 1 is 1.05 bits per heavy atom. The van der Waals surface area contributed by atoms with Crippen LogP contribution in [-0.2, 0) is 19.7 Å². The van der Waals surface area contributed by atoms with Gasteiger partial charge in [-0.3, -0.25) is 14.5 Å². The fraction of sp³-hybridized carbons (Fsp3) is 0.310. The van der Waals surface area contributed by atoms with Gasteiger partial charge in [-0.1, -0.05) is 54.6 Å². The number of aliphatic hydroxyl groups is 2. The number of nitrogens with one attached hydrogen (secondary N) is 1. The molecule has 0 bridgehead atoms. The number of piperidine rings is 1. The van der Waals surface area contributed by atoms with Crippen molar-refractivity contribution in [2.75, 3.05) is 44.7 Å². The first-order valence-corrected chi connectivity index (χ1v) is 15.7. The second-order valence-electron chi connectivity index (χ2n) is 10.5. The van der Waals surface area contributed by atoms with Gasteiger partial charge in [-0.25, -0.2) is 4.67 Å². The van der Waals surface area contributed by atoms with Crippen LogP contribution in [-0.4, -0.2) is 70.9 Å². The third kappa shape index (κ3) is 3.62. The maximum absolute atomic E-state index is 15.1. The van der Waals surface area contributed by atoms with Crippen molar-refractivity contribution < 1.29 is 24.4 Å². The van der Waals surface area contributed by atoms with Crippen LogP contribution in [0, 0.1) is 5.41 Å². The number of para-hydroxylation sites is 1. The Kier molecular flexibility index (Phi) is 6.50. The number of amides is 1. The highest BCUT2D eigenvalue weighted by molar-refractivity contribution is 7.61. The fourth-order valence-electron chi connectivity index (χ4n) is 6.91. The highest BCUT2D eigenvalue weighted by Gasteiger charge is 2.75. The van der Waals surface area contributed by atoms with Gasteiger partial charge in [0.25, 0.3) is 5.91 Å². The molecule has 4 heterocycles. The van der Waals surface area contributed by atoms with Gasteiger partial charge in [-0.05, 0) is 36.2 Å². The molecule has 0 unspecified atom stereocenters. The van der Waals surface area contributed by atoms with E-state index in [1.807, 2.05) is 84.1 Å². The SMILES string of the molecule is CN1C[C@@H](c2cccs2)[C@@]2(CN(P(=O)(CO)CO)C/C(=C\c3ccccc3)C2=O)[C@@]12C(=O)Nc1ccccc12. The van der Waals surface area contributed by atoms with Gasteiger partial charge in [-0.2, -0.15) is 0 Å². The molecule has 6 rings (SSSR count). The van der Waals surface area contributed by atoms with Crippen LogP contribution in [0.3, 0.4) is 0 Å². The number of likely N-dealkylation sites (tertiary alicyclic amines) is 1. The number of carbonyl (C=O) groups excluding carboxylic acids is 2. The second-order valence-corrected chi connectivity index (χ2v) is 14.3. The Hall–Kier alpha value is -2.91. The number of thiophene rings is 1. The Bertz CT molecular complexity index is 1500. The topological polar surface area (TPSA) is 110 Å². The summed E-state index contributed by atoms with van der Waals surface area (Å²) < 4.78 is 15.5. The number of nitrogens with zero attached hydrogens (tertiary/aromatic N) is 2. The summed E-state index contributed by atoms with van der Waals surface area (Å²) in [5, 5.41) is 25.4. The van der Waals surface area contributed by atoms with Crippen LogP contribution in [0.15, 0.2) is 77.7 Å². The number of hydrogen-bond donors (Lipinski definition) is 3. The molecular formula is C29H30N3O5PS. The maximum atomic E-state index is 15.1. The third-order valence-corrected chi connectivity index (χ3v) is 11.8. The van der Waals surface area contributed by atoms with E-state index >= 15 is 4.79 Å². The summed E-state index contributed by atoms with van der Waals surface area (Å²) >= 11 is 1.53. The standard InChI is InChI=1S/C29H30N3O5PS/c1-31-16-23(25-12-7-13-39-25)28(29(31)22-10-5-6-11-24(22)30-27(29)36)17-32(38(37,18-33)19-34)15-21(26(28)35)14-20-8-3-2-4-9-20/h2-14,23,33-34H,15-19H2,1H3,(H,30,36)/b21-14+/t23-,28+,29+/m0/s1. The summed E-state index contributed by atoms with van der Waals surface area (Å²) in [4.78, 5) is 32.2. The molecule has 39 heavy (non-hydrogen) atoms. The lowest BCUT2D eigenvalue weighted by Gasteiger charge is -2.52. The van der Waals surface area contributed by atoms with Gasteiger partial charge in [-0.15, -0.1) is 11.3 Å². The van der Waals surface area contributed by atoms with Crippen molar-refractivity contribution in [3.63, 3.8) is 0 Å². The Morgan fingerprint density at radius 2 is 1.77 bits per heavy atom. The van der Waals surface area contributed by atoms with Gasteiger partial charge >= 0.3 is 0 Å². The first-order valence-electron chi connectivity index (χ1n) is 12.8. The molecule has 3 atom stereocenters. The lowest BCUT2D eigenvalue weighted by Crippen LogP contribution is -2.65. The Balaban J connectivity index is 1.67. The molecule has 0 radical (unpaired) electrons. The predicted octanol–water partition coefficient (Wildman–Crippen LogP) is 3.76. The highest BCUT2D eigenvalue weighted by atomic mass is 32.1. The summed E-state index contributed by atoms with van der Waals surface area (Å²) in [6.45, 7) is 0.363. The fourth-order valence-corrected chi connectivity index (χ4v) is 9.16. The molecular weight excluding hydrogens is 533 g/mol. The molecule has 2 spiro atoms. The summed E-state index contributed by atoms with van der Waals surface area (Å²) in [5.74, 6) is -0.887. The van der Waals surface area contributed by atoms with E-state index in [9.17, 15) is 19.6 Å². The first-order chi connectivity index (χ1) is 18.8. The molecule has 0 saturated carbocycles. The van der Waals surface area contributed by atoms with Crippen LogP contribution < -0.4 is 5.32 Å². The number of fused-ring (bicyclic) bond motifs is 3. The lowest BCUT2D eigenvalue weighted by atomic mass is 9.57. The molecule has 2 aromatic carbocycles. The zero-order chi connectivity index (χ0) is 27.4. The van der Waals surface area contributed by atoms with E-state index in [-0.39, 0.29) is 24.8 Å². The second kappa shape index (κ2) is 9.63. The number of Topliss-reactive ketones (excluding diaryl/α,β-unsaturated/α-hetero) is 1. The molecule has 1 aromatic heterocycles. The van der Waals surface area contributed by atoms with E-state index in [4.69, 9.17) is 0 Å². The van der Waals surface area contributed by atoms with Crippen molar-refractivity contribution in [3.8, 4) is 0 Å². The molecule has 2 saturated heterocycles. The number of hydrogen-bond acceptors (Lipinski definition) is 7. The Labute approximate surface area is 231 Å². The summed E-state index contributed by atoms with van der Waals surface area (Å²) in [6.07, 6.45) is 0.314. The molecule has 202 valence electrons. The van der Waals surface area contributed by atoms with Gasteiger partial charge in [0, 0.05) is 47.3 Å². The first kappa shape index (κ1) is 26.3. The van der Waals surface area contributed by atoms with E-state index in [0.29, 0.717) is 23.4 Å². The molecule has 0 aliphatic carbocycles. The molecule has 8 nitrogen and oxygen atoms in total. The van der Waals surface area contributed by atoms with Crippen LogP contribution in [0.4, 0.5) is 5.69 Å². The number of benzene rings is 2. The molecule has 3 aliphatic rings. The minimum atomic E-state index is -3.68. The molecule has 2 fully saturated rings. The van der Waals surface area contributed by atoms with E-state index < -0.39 is 36.9 Å². The van der Waals surface area contributed by atoms with Crippen LogP contribution in [0.2, 0.25) is 0 Å². The average Bonchev–Trinajstić information content (AvgIpc) is 3.65. The maximum Gasteiger partial charge on any atom is 0.250 e. The zero-order valence-corrected chi connectivity index (χ0v) is 23.2. The molecule has 1 amide bonds. The number of likely N-dealkylation sites (N-methyl/N-ethyl adjacent to an activating group) is 1. The largest absolute Gasteiger partial charge is 0.387 e. The smallest absolute Gasteiger partial charge is 0.250 e. The van der Waals surface area contributed by atoms with Crippen LogP contribution in [0.5, 0.6) is 0 Å². The normalized spacial score (nSPS) is 28.5. The lowest BCUT2D eigenvalue weighted by molar-refractivity contribution is -0.145. The van der Waals surface area contributed by atoms with E-state index in [0.717, 1.165) is 10.4 Å². The van der Waals surface area contributed by atoms with Crippen LogP contribution >= 0.6 is 18.6 Å². The predicted molar refractivity (Wildman–Crippen MR) is 152 cm³/mol. The van der Waals surface area contributed by atoms with Gasteiger partial charge in [0.05, 0.1) is 5.41 Å². The summed E-state index contributed by atoms with van der Waals surface area (Å²) in [6, 6.07) is 20.7. The third-order valence-electron chi connectivity index (χ3n) is 8.63. The Morgan fingerprint density at radius 3 is 2.46 bits per heavy atom. The van der Waals surface area contributed by atoms with Crippen molar-refractivity contribution in [2.45, 2.75) is 11.5 Å². The average molecular weight is 564 g/mol. The van der Waals surface area contributed by atoms with Gasteiger partial charge < -0.3 is 20.1 Å². The minimum absolute atomic E-state index is 0.00586. The van der Waals surface area contributed by atoms with Gasteiger partial charge in [0.2, 0.25) is 0 Å². The highest BCUT2D eigenvalue weighted by Crippen LogP contribution is 2.66. The van der Waals surface area contributed by atoms with Crippen molar-refractivity contribution in [2.24, 2.45) is 5.41 Å². The van der Waals surface area contributed by atoms with E-state index in [1.54, 1.807) is 10.7 Å².